The summed E-state index contributed by atoms with van der Waals surface area (Å²) in [4.78, 5) is 28.4. The van der Waals surface area contributed by atoms with Crippen LogP contribution in [-0.4, -0.2) is 76.7 Å². The third-order valence-electron chi connectivity index (χ3n) is 4.86. The zero-order valence-corrected chi connectivity index (χ0v) is 13.7. The molecule has 2 atom stereocenters. The molecule has 0 aromatic carbocycles. The predicted octanol–water partition coefficient (Wildman–Crippen LogP) is -0.129. The van der Waals surface area contributed by atoms with Crippen molar-refractivity contribution < 1.29 is 14.7 Å². The number of thioether (sulfide) groups is 1. The van der Waals surface area contributed by atoms with Gasteiger partial charge in [-0.05, 0) is 31.7 Å². The fourth-order valence-corrected chi connectivity index (χ4v) is 4.41. The number of aliphatic hydroxyl groups is 1. The number of amides is 2. The predicted molar refractivity (Wildman–Crippen MR) is 85.4 cm³/mol. The maximum atomic E-state index is 12.3. The molecule has 2 N–H and O–H groups in total. The monoisotopic (exact) mass is 327 g/mol. The van der Waals surface area contributed by atoms with Crippen LogP contribution in [0.15, 0.2) is 0 Å². The van der Waals surface area contributed by atoms with E-state index in [0.29, 0.717) is 32.4 Å². The van der Waals surface area contributed by atoms with Crippen molar-refractivity contribution >= 4 is 23.6 Å². The summed E-state index contributed by atoms with van der Waals surface area (Å²) in [5.74, 6) is 2.45. The summed E-state index contributed by atoms with van der Waals surface area (Å²) >= 11 is 1.80. The van der Waals surface area contributed by atoms with Crippen LogP contribution in [-0.2, 0) is 9.59 Å². The highest BCUT2D eigenvalue weighted by atomic mass is 32.2. The third kappa shape index (κ3) is 3.75. The van der Waals surface area contributed by atoms with E-state index in [1.54, 1.807) is 11.8 Å². The van der Waals surface area contributed by atoms with Crippen LogP contribution in [0.5, 0.6) is 0 Å². The van der Waals surface area contributed by atoms with Gasteiger partial charge in [0, 0.05) is 31.8 Å². The van der Waals surface area contributed by atoms with E-state index in [-0.39, 0.29) is 29.9 Å². The molecule has 3 rings (SSSR count). The average molecular weight is 327 g/mol. The molecule has 3 saturated heterocycles. The number of rotatable bonds is 3. The van der Waals surface area contributed by atoms with Gasteiger partial charge in [0.1, 0.15) is 0 Å². The van der Waals surface area contributed by atoms with Gasteiger partial charge < -0.3 is 20.2 Å². The number of hydrogen-bond acceptors (Lipinski definition) is 5. The Bertz CT molecular complexity index is 420. The van der Waals surface area contributed by atoms with Gasteiger partial charge in [0.2, 0.25) is 11.8 Å². The Kier molecular flexibility index (Phi) is 5.25. The molecule has 3 fully saturated rings. The van der Waals surface area contributed by atoms with E-state index in [1.165, 1.54) is 0 Å². The van der Waals surface area contributed by atoms with Gasteiger partial charge in [-0.25, -0.2) is 0 Å². The molecule has 0 aliphatic carbocycles. The molecule has 0 aromatic heterocycles. The van der Waals surface area contributed by atoms with E-state index in [1.807, 2.05) is 9.80 Å². The molecule has 3 aliphatic rings. The van der Waals surface area contributed by atoms with Crippen molar-refractivity contribution in [3.63, 3.8) is 0 Å². The van der Waals surface area contributed by atoms with Gasteiger partial charge in [0.05, 0.1) is 18.0 Å². The normalized spacial score (nSPS) is 30.0. The molecular weight excluding hydrogens is 302 g/mol. The Balaban J connectivity index is 1.44. The van der Waals surface area contributed by atoms with Crippen molar-refractivity contribution in [2.45, 2.75) is 37.8 Å². The van der Waals surface area contributed by atoms with Crippen LogP contribution >= 0.6 is 11.8 Å². The lowest BCUT2D eigenvalue weighted by atomic mass is 9.99. The first-order chi connectivity index (χ1) is 10.6. The second-order valence-corrected chi connectivity index (χ2v) is 7.59. The molecular formula is C15H25N3O3S. The molecule has 7 heteroatoms. The lowest BCUT2D eigenvalue weighted by molar-refractivity contribution is -0.134. The molecule has 0 aromatic rings. The van der Waals surface area contributed by atoms with E-state index in [2.05, 4.69) is 5.32 Å². The Hall–Kier alpha value is -0.790. The lowest BCUT2D eigenvalue weighted by Crippen LogP contribution is -2.42. The maximum absolute atomic E-state index is 12.3. The summed E-state index contributed by atoms with van der Waals surface area (Å²) in [6.07, 6.45) is 2.40. The van der Waals surface area contributed by atoms with Crippen molar-refractivity contribution in [3.8, 4) is 0 Å². The first kappa shape index (κ1) is 16.1. The van der Waals surface area contributed by atoms with Gasteiger partial charge >= 0.3 is 0 Å². The van der Waals surface area contributed by atoms with Gasteiger partial charge in [-0.3, -0.25) is 9.59 Å². The van der Waals surface area contributed by atoms with E-state index >= 15 is 0 Å². The molecule has 3 heterocycles. The van der Waals surface area contributed by atoms with Crippen LogP contribution in [0.2, 0.25) is 0 Å². The van der Waals surface area contributed by atoms with Crippen LogP contribution in [0.4, 0.5) is 0 Å². The molecule has 6 nitrogen and oxygen atoms in total. The summed E-state index contributed by atoms with van der Waals surface area (Å²) < 4.78 is 0. The Morgan fingerprint density at radius 2 is 1.95 bits per heavy atom. The van der Waals surface area contributed by atoms with Gasteiger partial charge in [0.25, 0.3) is 0 Å². The third-order valence-corrected chi connectivity index (χ3v) is 5.83. The van der Waals surface area contributed by atoms with Crippen molar-refractivity contribution in [2.75, 3.05) is 37.8 Å². The highest BCUT2D eigenvalue weighted by molar-refractivity contribution is 7.99. The summed E-state index contributed by atoms with van der Waals surface area (Å²) in [5.41, 5.74) is 0. The Morgan fingerprint density at radius 3 is 2.64 bits per heavy atom. The largest absolute Gasteiger partial charge is 0.393 e. The minimum absolute atomic E-state index is 0.111. The highest BCUT2D eigenvalue weighted by Gasteiger charge is 2.35. The summed E-state index contributed by atoms with van der Waals surface area (Å²) in [6, 6.07) is -0.111. The van der Waals surface area contributed by atoms with Crippen LogP contribution in [0.3, 0.4) is 0 Å². The van der Waals surface area contributed by atoms with Crippen molar-refractivity contribution in [1.29, 1.82) is 0 Å². The Morgan fingerprint density at radius 1 is 1.18 bits per heavy atom. The number of likely N-dealkylation sites (tertiary alicyclic amines) is 1. The number of piperidine rings is 1. The zero-order chi connectivity index (χ0) is 15.5. The van der Waals surface area contributed by atoms with Gasteiger partial charge in [-0.15, -0.1) is 11.8 Å². The maximum Gasteiger partial charge on any atom is 0.240 e. The zero-order valence-electron chi connectivity index (χ0n) is 12.9. The van der Waals surface area contributed by atoms with Crippen LogP contribution < -0.4 is 5.32 Å². The fourth-order valence-electron chi connectivity index (χ4n) is 3.45. The van der Waals surface area contributed by atoms with E-state index in [0.717, 1.165) is 31.1 Å². The second-order valence-electron chi connectivity index (χ2n) is 6.52. The molecule has 124 valence electrons. The van der Waals surface area contributed by atoms with E-state index in [4.69, 9.17) is 0 Å². The SMILES string of the molecule is O=C(CC1CNC(C(=O)N2CCSC2)C1)N1CCC(O)CC1. The molecule has 2 amide bonds. The first-order valence-electron chi connectivity index (χ1n) is 8.19. The highest BCUT2D eigenvalue weighted by Crippen LogP contribution is 2.23. The molecule has 0 radical (unpaired) electrons. The summed E-state index contributed by atoms with van der Waals surface area (Å²) in [5, 5.41) is 12.8. The van der Waals surface area contributed by atoms with Crippen LogP contribution in [0.1, 0.15) is 25.7 Å². The van der Waals surface area contributed by atoms with E-state index in [9.17, 15) is 14.7 Å². The molecule has 2 unspecified atom stereocenters. The number of nitrogens with zero attached hydrogens (tertiary/aromatic N) is 2. The van der Waals surface area contributed by atoms with Gasteiger partial charge in [-0.2, -0.15) is 0 Å². The molecule has 0 spiro atoms. The number of carbonyl (C=O) groups excluding carboxylic acids is 2. The van der Waals surface area contributed by atoms with Crippen LogP contribution in [0.25, 0.3) is 0 Å². The number of hydrogen-bond donors (Lipinski definition) is 2. The summed E-state index contributed by atoms with van der Waals surface area (Å²) in [6.45, 7) is 2.92. The van der Waals surface area contributed by atoms with Gasteiger partial charge in [0.15, 0.2) is 0 Å². The van der Waals surface area contributed by atoms with Gasteiger partial charge in [-0.1, -0.05) is 0 Å². The van der Waals surface area contributed by atoms with E-state index < -0.39 is 0 Å². The smallest absolute Gasteiger partial charge is 0.240 e. The molecule has 3 aliphatic heterocycles. The lowest BCUT2D eigenvalue weighted by Gasteiger charge is -2.30. The van der Waals surface area contributed by atoms with Crippen LogP contribution in [0, 0.1) is 5.92 Å². The Labute approximate surface area is 135 Å². The average Bonchev–Trinajstić information content (AvgIpc) is 3.19. The standard InChI is InChI=1S/C15H25N3O3S/c19-12-1-3-17(4-2-12)14(20)8-11-7-13(16-9-11)15(21)18-5-6-22-10-18/h11-13,16,19H,1-10H2. The minimum Gasteiger partial charge on any atom is -0.393 e. The number of carbonyl (C=O) groups is 2. The second kappa shape index (κ2) is 7.19. The fraction of sp³-hybridized carbons (Fsp3) is 0.867. The summed E-state index contributed by atoms with van der Waals surface area (Å²) in [7, 11) is 0. The van der Waals surface area contributed by atoms with Crippen molar-refractivity contribution in [2.24, 2.45) is 5.92 Å². The first-order valence-corrected chi connectivity index (χ1v) is 9.34. The minimum atomic E-state index is -0.252. The topological polar surface area (TPSA) is 72.9 Å². The number of nitrogens with one attached hydrogen (secondary N) is 1. The molecule has 22 heavy (non-hydrogen) atoms. The molecule has 0 bridgehead atoms. The number of aliphatic hydroxyl groups excluding tert-OH is 1. The van der Waals surface area contributed by atoms with Crippen molar-refractivity contribution in [3.05, 3.63) is 0 Å². The molecule has 0 saturated carbocycles. The quantitative estimate of drug-likeness (QED) is 0.755. The van der Waals surface area contributed by atoms with Crippen molar-refractivity contribution in [1.82, 2.24) is 15.1 Å².